The van der Waals surface area contributed by atoms with Crippen LogP contribution in [0.3, 0.4) is 0 Å². The van der Waals surface area contributed by atoms with Crippen LogP contribution in [-0.4, -0.2) is 13.1 Å². The summed E-state index contributed by atoms with van der Waals surface area (Å²) in [4.78, 5) is 11.6. The summed E-state index contributed by atoms with van der Waals surface area (Å²) in [6.45, 7) is 0. The van der Waals surface area contributed by atoms with Gasteiger partial charge in [0.15, 0.2) is 0 Å². The number of carbonyl (C=O) groups is 1. The predicted octanol–water partition coefficient (Wildman–Crippen LogP) is 3.24. The maximum Gasteiger partial charge on any atom is 0.389 e. The number of hydrogen-bond donors (Lipinski definition) is 0. The third-order valence-corrected chi connectivity index (χ3v) is 2.84. The van der Waals surface area contributed by atoms with E-state index >= 15 is 0 Å². The molecule has 0 bridgehead atoms. The summed E-state index contributed by atoms with van der Waals surface area (Å²) in [6.07, 6.45) is 1.45. The van der Waals surface area contributed by atoms with Crippen LogP contribution in [0.15, 0.2) is 54.6 Å². The van der Waals surface area contributed by atoms with Crippen molar-refractivity contribution in [2.24, 2.45) is 0 Å². The van der Waals surface area contributed by atoms with Gasteiger partial charge in [-0.3, -0.25) is 0 Å². The Morgan fingerprint density at radius 3 is 2.33 bits per heavy atom. The minimum atomic E-state index is -0.548. The minimum Gasteiger partial charge on any atom is -0.497 e. The van der Waals surface area contributed by atoms with Gasteiger partial charge in [-0.2, -0.15) is 0 Å². The Labute approximate surface area is 124 Å². The molecule has 0 aromatic heterocycles. The van der Waals surface area contributed by atoms with Crippen LogP contribution in [0.5, 0.6) is 11.5 Å². The normalized spacial score (nSPS) is 9.38. The molecule has 106 valence electrons. The molecule has 0 aliphatic carbocycles. The van der Waals surface area contributed by atoms with Crippen molar-refractivity contribution >= 4 is 5.97 Å². The zero-order valence-corrected chi connectivity index (χ0v) is 11.8. The van der Waals surface area contributed by atoms with Gasteiger partial charge in [-0.1, -0.05) is 36.3 Å². The lowest BCUT2D eigenvalue weighted by molar-refractivity contribution is -0.128. The first-order valence-corrected chi connectivity index (χ1v) is 6.66. The van der Waals surface area contributed by atoms with E-state index in [9.17, 15) is 4.79 Å². The molecule has 0 radical (unpaired) electrons. The van der Waals surface area contributed by atoms with Crippen molar-refractivity contribution in [3.8, 4) is 23.3 Å². The van der Waals surface area contributed by atoms with E-state index < -0.39 is 5.97 Å². The van der Waals surface area contributed by atoms with Crippen molar-refractivity contribution in [3.63, 3.8) is 0 Å². The lowest BCUT2D eigenvalue weighted by Gasteiger charge is -2.01. The first-order chi connectivity index (χ1) is 10.3. The van der Waals surface area contributed by atoms with Crippen LogP contribution >= 0.6 is 0 Å². The molecule has 3 nitrogen and oxygen atoms in total. The smallest absolute Gasteiger partial charge is 0.389 e. The first-order valence-electron chi connectivity index (χ1n) is 6.66. The van der Waals surface area contributed by atoms with Crippen LogP contribution in [0.2, 0.25) is 0 Å². The molecule has 3 heteroatoms. The van der Waals surface area contributed by atoms with Crippen LogP contribution < -0.4 is 9.47 Å². The van der Waals surface area contributed by atoms with Crippen molar-refractivity contribution in [2.45, 2.75) is 12.8 Å². The second-order valence-corrected chi connectivity index (χ2v) is 4.35. The van der Waals surface area contributed by atoms with Gasteiger partial charge < -0.3 is 9.47 Å². The topological polar surface area (TPSA) is 35.5 Å². The van der Waals surface area contributed by atoms with E-state index in [1.807, 2.05) is 30.3 Å². The van der Waals surface area contributed by atoms with Gasteiger partial charge in [-0.15, -0.1) is 0 Å². The molecule has 0 saturated heterocycles. The highest BCUT2D eigenvalue weighted by Gasteiger charge is 2.00. The van der Waals surface area contributed by atoms with Gasteiger partial charge in [0.05, 0.1) is 7.11 Å². The van der Waals surface area contributed by atoms with Crippen molar-refractivity contribution < 1.29 is 14.3 Å². The zero-order chi connectivity index (χ0) is 14.9. The highest BCUT2D eigenvalue weighted by Crippen LogP contribution is 2.16. The van der Waals surface area contributed by atoms with E-state index in [0.717, 1.165) is 6.42 Å². The monoisotopic (exact) mass is 280 g/mol. The van der Waals surface area contributed by atoms with Gasteiger partial charge in [-0.25, -0.2) is 4.79 Å². The molecule has 0 heterocycles. The van der Waals surface area contributed by atoms with Crippen molar-refractivity contribution in [2.75, 3.05) is 7.11 Å². The van der Waals surface area contributed by atoms with E-state index in [-0.39, 0.29) is 0 Å². The Morgan fingerprint density at radius 1 is 1.00 bits per heavy atom. The molecule has 2 aromatic carbocycles. The Balaban J connectivity index is 1.80. The summed E-state index contributed by atoms with van der Waals surface area (Å²) in [5.74, 6) is 5.94. The summed E-state index contributed by atoms with van der Waals surface area (Å²) >= 11 is 0. The highest BCUT2D eigenvalue weighted by atomic mass is 16.5. The fourth-order valence-electron chi connectivity index (χ4n) is 1.76. The quantitative estimate of drug-likeness (QED) is 0.373. The third-order valence-electron chi connectivity index (χ3n) is 2.84. The van der Waals surface area contributed by atoms with Crippen molar-refractivity contribution in [1.82, 2.24) is 0 Å². The molecule has 0 aliphatic heterocycles. The summed E-state index contributed by atoms with van der Waals surface area (Å²) in [7, 11) is 1.58. The fourth-order valence-corrected chi connectivity index (χ4v) is 1.76. The molecular formula is C18H16O3. The summed E-state index contributed by atoms with van der Waals surface area (Å²) < 4.78 is 10.1. The Hall–Kier alpha value is -2.73. The Morgan fingerprint density at radius 2 is 1.67 bits per heavy atom. The summed E-state index contributed by atoms with van der Waals surface area (Å²) in [5.41, 5.74) is 1.20. The standard InChI is InChI=1S/C18H16O3/c1-20-16-11-13-17(14-12-16)21-18(19)10-6-5-9-15-7-3-2-4-8-15/h2-4,7-8,11-14H,5,9H2,1H3. The van der Waals surface area contributed by atoms with Crippen LogP contribution in [0.4, 0.5) is 0 Å². The van der Waals surface area contributed by atoms with Crippen molar-refractivity contribution in [3.05, 3.63) is 60.2 Å². The van der Waals surface area contributed by atoms with Gasteiger partial charge in [0.25, 0.3) is 0 Å². The maximum atomic E-state index is 11.6. The van der Waals surface area contributed by atoms with E-state index in [1.54, 1.807) is 31.4 Å². The maximum absolute atomic E-state index is 11.6. The van der Waals surface area contributed by atoms with E-state index in [0.29, 0.717) is 17.9 Å². The van der Waals surface area contributed by atoms with E-state index in [2.05, 4.69) is 11.8 Å². The van der Waals surface area contributed by atoms with Crippen LogP contribution in [0.1, 0.15) is 12.0 Å². The molecule has 0 spiro atoms. The number of hydrogen-bond acceptors (Lipinski definition) is 3. The lowest BCUT2D eigenvalue weighted by atomic mass is 10.1. The van der Waals surface area contributed by atoms with Gasteiger partial charge in [0.1, 0.15) is 11.5 Å². The summed E-state index contributed by atoms with van der Waals surface area (Å²) in [6, 6.07) is 16.8. The number of methoxy groups -OCH3 is 1. The molecule has 2 rings (SSSR count). The number of esters is 1. The minimum absolute atomic E-state index is 0.457. The average molecular weight is 280 g/mol. The first kappa shape index (κ1) is 14.7. The molecule has 0 aliphatic rings. The number of carbonyl (C=O) groups excluding carboxylic acids is 1. The second kappa shape index (κ2) is 7.76. The summed E-state index contributed by atoms with van der Waals surface area (Å²) in [5, 5.41) is 0. The zero-order valence-electron chi connectivity index (χ0n) is 11.8. The molecule has 0 N–H and O–H groups in total. The fraction of sp³-hybridized carbons (Fsp3) is 0.167. The molecule has 0 unspecified atom stereocenters. The molecule has 2 aromatic rings. The molecule has 0 saturated carbocycles. The van der Waals surface area contributed by atoms with E-state index in [1.165, 1.54) is 5.56 Å². The van der Waals surface area contributed by atoms with Gasteiger partial charge in [0.2, 0.25) is 0 Å². The predicted molar refractivity (Wildman–Crippen MR) is 81.2 cm³/mol. The van der Waals surface area contributed by atoms with Gasteiger partial charge in [0, 0.05) is 12.3 Å². The molecule has 0 atom stereocenters. The molecule has 0 amide bonds. The largest absolute Gasteiger partial charge is 0.497 e. The van der Waals surface area contributed by atoms with Crippen molar-refractivity contribution in [1.29, 1.82) is 0 Å². The Kier molecular flexibility index (Phi) is 5.42. The third kappa shape index (κ3) is 5.04. The van der Waals surface area contributed by atoms with Gasteiger partial charge >= 0.3 is 5.97 Å². The Bertz CT molecular complexity index is 634. The number of rotatable bonds is 4. The molecule has 21 heavy (non-hydrogen) atoms. The van der Waals surface area contributed by atoms with Crippen LogP contribution in [0.25, 0.3) is 0 Å². The lowest BCUT2D eigenvalue weighted by Crippen LogP contribution is -2.04. The molecular weight excluding hydrogens is 264 g/mol. The molecule has 0 fully saturated rings. The SMILES string of the molecule is COc1ccc(OC(=O)C#CCCc2ccccc2)cc1. The second-order valence-electron chi connectivity index (χ2n) is 4.35. The number of benzene rings is 2. The van der Waals surface area contributed by atoms with Crippen LogP contribution in [0, 0.1) is 11.8 Å². The number of ether oxygens (including phenoxy) is 2. The highest BCUT2D eigenvalue weighted by molar-refractivity contribution is 5.90. The van der Waals surface area contributed by atoms with Gasteiger partial charge in [-0.05, 0) is 36.2 Å². The number of aryl methyl sites for hydroxylation is 1. The van der Waals surface area contributed by atoms with E-state index in [4.69, 9.17) is 9.47 Å². The average Bonchev–Trinajstić information content (AvgIpc) is 2.53. The van der Waals surface area contributed by atoms with Crippen LogP contribution in [-0.2, 0) is 11.2 Å².